The normalized spacial score (nSPS) is 13.4. The van der Waals surface area contributed by atoms with Crippen LogP contribution in [-0.4, -0.2) is 50.0 Å². The second-order valence-electron chi connectivity index (χ2n) is 8.68. The van der Waals surface area contributed by atoms with Gasteiger partial charge in [0.05, 0.1) is 7.11 Å². The fourth-order valence-corrected chi connectivity index (χ4v) is 4.48. The summed E-state index contributed by atoms with van der Waals surface area (Å²) in [7, 11) is 1.61. The van der Waals surface area contributed by atoms with Gasteiger partial charge < -0.3 is 24.3 Å². The Morgan fingerprint density at radius 2 is 1.62 bits per heavy atom. The molecule has 1 aliphatic rings. The van der Waals surface area contributed by atoms with Gasteiger partial charge in [0.1, 0.15) is 11.5 Å². The topological polar surface area (TPSA) is 75.0 Å². The molecular weight excluding hydrogens is 490 g/mol. The number of anilines is 2. The summed E-state index contributed by atoms with van der Waals surface area (Å²) in [6.07, 6.45) is 0. The number of amides is 2. The molecule has 0 saturated carbocycles. The van der Waals surface area contributed by atoms with Crippen LogP contribution in [0.5, 0.6) is 5.75 Å². The number of hydrogen-bond donors (Lipinski definition) is 1. The van der Waals surface area contributed by atoms with Crippen LogP contribution >= 0.6 is 11.6 Å². The van der Waals surface area contributed by atoms with Gasteiger partial charge in [0.25, 0.3) is 11.8 Å². The van der Waals surface area contributed by atoms with Crippen LogP contribution < -0.4 is 15.0 Å². The van der Waals surface area contributed by atoms with Crippen LogP contribution in [0.4, 0.5) is 11.4 Å². The first-order valence-corrected chi connectivity index (χ1v) is 12.3. The average Bonchev–Trinajstić information content (AvgIpc) is 3.44. The Morgan fingerprint density at radius 3 is 2.30 bits per heavy atom. The molecule has 188 valence electrons. The maximum absolute atomic E-state index is 12.8. The SMILES string of the molecule is COc1ccc(C(=O)N2CCN(c3ccc(NC(=O)c4ccc(-c5cccc(Cl)c5)o4)cc3)CC2)cc1. The van der Waals surface area contributed by atoms with Gasteiger partial charge in [-0.3, -0.25) is 9.59 Å². The zero-order valence-corrected chi connectivity index (χ0v) is 21.1. The fraction of sp³-hybridized carbons (Fsp3) is 0.172. The maximum Gasteiger partial charge on any atom is 0.291 e. The molecule has 1 aromatic heterocycles. The van der Waals surface area contributed by atoms with Gasteiger partial charge in [0.2, 0.25) is 0 Å². The average molecular weight is 516 g/mol. The summed E-state index contributed by atoms with van der Waals surface area (Å²) >= 11 is 6.05. The van der Waals surface area contributed by atoms with E-state index in [1.807, 2.05) is 41.3 Å². The van der Waals surface area contributed by atoms with Crippen molar-refractivity contribution >= 4 is 34.8 Å². The number of rotatable bonds is 6. The lowest BCUT2D eigenvalue weighted by Crippen LogP contribution is -2.48. The molecule has 4 aromatic rings. The number of piperazine rings is 1. The molecule has 0 unspecified atom stereocenters. The smallest absolute Gasteiger partial charge is 0.291 e. The molecule has 1 aliphatic heterocycles. The molecule has 2 amide bonds. The minimum Gasteiger partial charge on any atom is -0.497 e. The molecule has 7 nitrogen and oxygen atoms in total. The first kappa shape index (κ1) is 24.5. The van der Waals surface area contributed by atoms with Crippen molar-refractivity contribution in [3.05, 3.63) is 101 Å². The summed E-state index contributed by atoms with van der Waals surface area (Å²) in [5, 5.41) is 3.48. The van der Waals surface area contributed by atoms with Crippen molar-refractivity contribution in [1.82, 2.24) is 4.90 Å². The number of nitrogens with one attached hydrogen (secondary N) is 1. The molecule has 0 atom stereocenters. The van der Waals surface area contributed by atoms with E-state index >= 15 is 0 Å². The molecule has 2 heterocycles. The summed E-state index contributed by atoms with van der Waals surface area (Å²) in [6, 6.07) is 25.5. The summed E-state index contributed by atoms with van der Waals surface area (Å²) in [5.41, 5.74) is 3.17. The number of ether oxygens (including phenoxy) is 1. The lowest BCUT2D eigenvalue weighted by Gasteiger charge is -2.36. The molecule has 1 fully saturated rings. The number of hydrogen-bond acceptors (Lipinski definition) is 5. The Bertz CT molecular complexity index is 1390. The summed E-state index contributed by atoms with van der Waals surface area (Å²) in [5.74, 6) is 1.22. The fourth-order valence-electron chi connectivity index (χ4n) is 4.29. The quantitative estimate of drug-likeness (QED) is 0.350. The highest BCUT2D eigenvalue weighted by Gasteiger charge is 2.22. The third-order valence-corrected chi connectivity index (χ3v) is 6.57. The number of methoxy groups -OCH3 is 1. The Labute approximate surface area is 220 Å². The molecule has 37 heavy (non-hydrogen) atoms. The van der Waals surface area contributed by atoms with E-state index in [9.17, 15) is 9.59 Å². The van der Waals surface area contributed by atoms with Crippen molar-refractivity contribution in [2.24, 2.45) is 0 Å². The van der Waals surface area contributed by atoms with E-state index in [2.05, 4.69) is 10.2 Å². The Kier molecular flexibility index (Phi) is 7.14. The van der Waals surface area contributed by atoms with Crippen molar-refractivity contribution in [2.45, 2.75) is 0 Å². The summed E-state index contributed by atoms with van der Waals surface area (Å²) in [4.78, 5) is 29.6. The van der Waals surface area contributed by atoms with E-state index in [0.29, 0.717) is 35.1 Å². The molecule has 1 N–H and O–H groups in total. The predicted molar refractivity (Wildman–Crippen MR) is 145 cm³/mol. The number of furan rings is 1. The van der Waals surface area contributed by atoms with Crippen LogP contribution in [0.1, 0.15) is 20.9 Å². The van der Waals surface area contributed by atoms with E-state index in [1.165, 1.54) is 0 Å². The highest BCUT2D eigenvalue weighted by molar-refractivity contribution is 6.30. The number of carbonyl (C=O) groups is 2. The molecule has 0 radical (unpaired) electrons. The molecule has 1 saturated heterocycles. The van der Waals surface area contributed by atoms with E-state index in [4.69, 9.17) is 20.8 Å². The van der Waals surface area contributed by atoms with Crippen molar-refractivity contribution in [1.29, 1.82) is 0 Å². The molecule has 0 spiro atoms. The second kappa shape index (κ2) is 10.8. The predicted octanol–water partition coefficient (Wildman–Crippen LogP) is 5.82. The number of halogens is 1. The molecular formula is C29H26ClN3O4. The van der Waals surface area contributed by atoms with Crippen molar-refractivity contribution in [3.63, 3.8) is 0 Å². The van der Waals surface area contributed by atoms with Crippen LogP contribution in [0.2, 0.25) is 5.02 Å². The Hall–Kier alpha value is -4.23. The van der Waals surface area contributed by atoms with Gasteiger partial charge in [-0.2, -0.15) is 0 Å². The van der Waals surface area contributed by atoms with Crippen molar-refractivity contribution < 1.29 is 18.7 Å². The summed E-state index contributed by atoms with van der Waals surface area (Å²) < 4.78 is 10.9. The lowest BCUT2D eigenvalue weighted by atomic mass is 10.1. The molecule has 0 bridgehead atoms. The van der Waals surface area contributed by atoms with Gasteiger partial charge in [0.15, 0.2) is 5.76 Å². The molecule has 8 heteroatoms. The Morgan fingerprint density at radius 1 is 0.892 bits per heavy atom. The van der Waals surface area contributed by atoms with Gasteiger partial charge in [0, 0.05) is 53.7 Å². The van der Waals surface area contributed by atoms with Crippen LogP contribution in [-0.2, 0) is 0 Å². The highest BCUT2D eigenvalue weighted by Crippen LogP contribution is 2.26. The maximum atomic E-state index is 12.8. The van der Waals surface area contributed by atoms with Gasteiger partial charge in [-0.05, 0) is 72.8 Å². The minimum atomic E-state index is -0.327. The standard InChI is InChI=1S/C29H26ClN3O4/c1-36-25-11-5-20(6-12-25)29(35)33-17-15-32(16-18-33)24-9-7-23(8-10-24)31-28(34)27-14-13-26(37-27)21-3-2-4-22(30)19-21/h2-14,19H,15-18H2,1H3,(H,31,34). The zero-order chi connectivity index (χ0) is 25.8. The van der Waals surface area contributed by atoms with Crippen LogP contribution in [0.25, 0.3) is 11.3 Å². The minimum absolute atomic E-state index is 0.0248. The second-order valence-corrected chi connectivity index (χ2v) is 9.12. The van der Waals surface area contributed by atoms with Gasteiger partial charge in [-0.1, -0.05) is 23.7 Å². The number of benzene rings is 3. The zero-order valence-electron chi connectivity index (χ0n) is 20.3. The monoisotopic (exact) mass is 515 g/mol. The third kappa shape index (κ3) is 5.62. The first-order chi connectivity index (χ1) is 18.0. The number of carbonyl (C=O) groups excluding carboxylic acids is 2. The molecule has 5 rings (SSSR count). The number of nitrogens with zero attached hydrogens (tertiary/aromatic N) is 2. The van der Waals surface area contributed by atoms with Crippen molar-refractivity contribution in [3.8, 4) is 17.1 Å². The highest BCUT2D eigenvalue weighted by atomic mass is 35.5. The third-order valence-electron chi connectivity index (χ3n) is 6.33. The van der Waals surface area contributed by atoms with Crippen LogP contribution in [0.15, 0.2) is 89.3 Å². The van der Waals surface area contributed by atoms with Crippen LogP contribution in [0, 0.1) is 0 Å². The van der Waals surface area contributed by atoms with E-state index < -0.39 is 0 Å². The largest absolute Gasteiger partial charge is 0.497 e. The molecule has 0 aliphatic carbocycles. The first-order valence-electron chi connectivity index (χ1n) is 12.0. The van der Waals surface area contributed by atoms with Gasteiger partial charge >= 0.3 is 0 Å². The van der Waals surface area contributed by atoms with E-state index in [-0.39, 0.29) is 17.6 Å². The van der Waals surface area contributed by atoms with Gasteiger partial charge in [-0.15, -0.1) is 0 Å². The van der Waals surface area contributed by atoms with Gasteiger partial charge in [-0.25, -0.2) is 0 Å². The summed E-state index contributed by atoms with van der Waals surface area (Å²) in [6.45, 7) is 2.73. The lowest BCUT2D eigenvalue weighted by molar-refractivity contribution is 0.0746. The van der Waals surface area contributed by atoms with Crippen LogP contribution in [0.3, 0.4) is 0 Å². The van der Waals surface area contributed by atoms with E-state index in [1.54, 1.807) is 55.6 Å². The van der Waals surface area contributed by atoms with E-state index in [0.717, 1.165) is 30.1 Å². The molecule has 3 aromatic carbocycles. The Balaban J connectivity index is 1.16. The van der Waals surface area contributed by atoms with Crippen molar-refractivity contribution in [2.75, 3.05) is 43.5 Å².